The predicted molar refractivity (Wildman–Crippen MR) is 77.4 cm³/mol. The molecule has 4 nitrogen and oxygen atoms in total. The molecule has 0 radical (unpaired) electrons. The monoisotopic (exact) mass is 278 g/mol. The number of aromatic nitrogens is 1. The van der Waals surface area contributed by atoms with Crippen LogP contribution in [0, 0.1) is 0 Å². The molecule has 0 amide bonds. The minimum atomic E-state index is -0.882. The molecule has 0 saturated carbocycles. The van der Waals surface area contributed by atoms with Crippen LogP contribution in [0.3, 0.4) is 0 Å². The summed E-state index contributed by atoms with van der Waals surface area (Å²) in [5.41, 5.74) is 0.0869. The number of para-hydroxylation sites is 1. The number of aliphatic carboxylic acids is 1. The van der Waals surface area contributed by atoms with Gasteiger partial charge in [-0.1, -0.05) is 25.5 Å². The maximum Gasteiger partial charge on any atom is 0.323 e. The molecule has 0 aliphatic heterocycles. The number of rotatable bonds is 6. The standard InChI is InChI=1S/C14H18N2O2S/c1-3-8-14(2,13(17)18)15-9-12-16-10-6-4-5-7-11(10)19-12/h4-7,15H,3,8-9H2,1-2H3,(H,17,18). The van der Waals surface area contributed by atoms with Crippen LogP contribution < -0.4 is 5.32 Å². The first-order valence-electron chi connectivity index (χ1n) is 6.38. The minimum absolute atomic E-state index is 0.488. The summed E-state index contributed by atoms with van der Waals surface area (Å²) in [6.07, 6.45) is 1.43. The molecule has 0 fully saturated rings. The Labute approximate surface area is 116 Å². The number of hydrogen-bond donors (Lipinski definition) is 2. The van der Waals surface area contributed by atoms with Gasteiger partial charge in [-0.15, -0.1) is 11.3 Å². The number of carboxylic acids is 1. The third-order valence-corrected chi connectivity index (χ3v) is 4.23. The Hall–Kier alpha value is -1.46. The molecule has 102 valence electrons. The van der Waals surface area contributed by atoms with Crippen LogP contribution in [-0.2, 0) is 11.3 Å². The van der Waals surface area contributed by atoms with Crippen molar-refractivity contribution in [1.82, 2.24) is 10.3 Å². The molecule has 1 unspecified atom stereocenters. The lowest BCUT2D eigenvalue weighted by molar-refractivity contribution is -0.144. The van der Waals surface area contributed by atoms with Crippen molar-refractivity contribution in [2.45, 2.75) is 38.8 Å². The molecule has 0 aliphatic carbocycles. The van der Waals surface area contributed by atoms with Gasteiger partial charge in [-0.2, -0.15) is 0 Å². The van der Waals surface area contributed by atoms with Gasteiger partial charge in [-0.05, 0) is 25.5 Å². The lowest BCUT2D eigenvalue weighted by Gasteiger charge is -2.25. The third-order valence-electron chi connectivity index (χ3n) is 3.19. The normalized spacial score (nSPS) is 14.4. The summed E-state index contributed by atoms with van der Waals surface area (Å²) >= 11 is 1.60. The van der Waals surface area contributed by atoms with Crippen molar-refractivity contribution in [3.05, 3.63) is 29.3 Å². The van der Waals surface area contributed by atoms with Crippen LogP contribution >= 0.6 is 11.3 Å². The largest absolute Gasteiger partial charge is 0.480 e. The SMILES string of the molecule is CCCC(C)(NCc1nc2ccccc2s1)C(=O)O. The second-order valence-electron chi connectivity index (χ2n) is 4.82. The van der Waals surface area contributed by atoms with Crippen molar-refractivity contribution in [3.8, 4) is 0 Å². The summed E-state index contributed by atoms with van der Waals surface area (Å²) in [6, 6.07) is 7.94. The van der Waals surface area contributed by atoms with E-state index in [1.54, 1.807) is 18.3 Å². The van der Waals surface area contributed by atoms with Crippen LogP contribution in [0.1, 0.15) is 31.7 Å². The molecule has 0 aliphatic rings. The average molecular weight is 278 g/mol. The summed E-state index contributed by atoms with van der Waals surface area (Å²) in [7, 11) is 0. The van der Waals surface area contributed by atoms with Crippen LogP contribution in [-0.4, -0.2) is 21.6 Å². The van der Waals surface area contributed by atoms with Crippen molar-refractivity contribution in [2.24, 2.45) is 0 Å². The molecule has 1 heterocycles. The maximum atomic E-state index is 11.3. The highest BCUT2D eigenvalue weighted by atomic mass is 32.1. The summed E-state index contributed by atoms with van der Waals surface area (Å²) < 4.78 is 1.13. The smallest absolute Gasteiger partial charge is 0.323 e. The topological polar surface area (TPSA) is 62.2 Å². The van der Waals surface area contributed by atoms with Gasteiger partial charge in [-0.25, -0.2) is 4.98 Å². The highest BCUT2D eigenvalue weighted by Gasteiger charge is 2.31. The molecule has 0 bridgehead atoms. The third kappa shape index (κ3) is 3.11. The number of nitrogens with one attached hydrogen (secondary N) is 1. The minimum Gasteiger partial charge on any atom is -0.480 e. The molecule has 2 rings (SSSR count). The first kappa shape index (κ1) is 14.0. The molecule has 1 aromatic carbocycles. The van der Waals surface area contributed by atoms with E-state index in [0.29, 0.717) is 13.0 Å². The van der Waals surface area contributed by atoms with Gasteiger partial charge in [0.15, 0.2) is 0 Å². The first-order chi connectivity index (χ1) is 9.05. The molecular weight excluding hydrogens is 260 g/mol. The predicted octanol–water partition coefficient (Wildman–Crippen LogP) is 3.03. The quantitative estimate of drug-likeness (QED) is 0.852. The summed E-state index contributed by atoms with van der Waals surface area (Å²) in [4.78, 5) is 15.8. The molecule has 2 aromatic rings. The molecule has 0 spiro atoms. The summed E-state index contributed by atoms with van der Waals surface area (Å²) in [5.74, 6) is -0.810. The Kier molecular flexibility index (Phi) is 4.17. The zero-order chi connectivity index (χ0) is 13.9. The number of hydrogen-bond acceptors (Lipinski definition) is 4. The average Bonchev–Trinajstić information content (AvgIpc) is 2.79. The molecular formula is C14H18N2O2S. The molecule has 0 saturated heterocycles. The molecule has 1 atom stereocenters. The van der Waals surface area contributed by atoms with E-state index in [-0.39, 0.29) is 0 Å². The van der Waals surface area contributed by atoms with Crippen molar-refractivity contribution < 1.29 is 9.90 Å². The van der Waals surface area contributed by atoms with E-state index in [2.05, 4.69) is 10.3 Å². The van der Waals surface area contributed by atoms with Gasteiger partial charge in [0.25, 0.3) is 0 Å². The lowest BCUT2D eigenvalue weighted by atomic mass is 9.96. The van der Waals surface area contributed by atoms with Crippen molar-refractivity contribution in [1.29, 1.82) is 0 Å². The second-order valence-corrected chi connectivity index (χ2v) is 5.93. The second kappa shape index (κ2) is 5.67. The Balaban J connectivity index is 2.10. The lowest BCUT2D eigenvalue weighted by Crippen LogP contribution is -2.48. The molecule has 1 aromatic heterocycles. The number of benzene rings is 1. The molecule has 19 heavy (non-hydrogen) atoms. The van der Waals surface area contributed by atoms with Crippen molar-refractivity contribution in [3.63, 3.8) is 0 Å². The molecule has 2 N–H and O–H groups in total. The summed E-state index contributed by atoms with van der Waals surface area (Å²) in [5, 5.41) is 13.3. The highest BCUT2D eigenvalue weighted by molar-refractivity contribution is 7.18. The fourth-order valence-electron chi connectivity index (χ4n) is 2.04. The Morgan fingerprint density at radius 2 is 2.21 bits per heavy atom. The van der Waals surface area contributed by atoms with Gasteiger partial charge in [0, 0.05) is 6.54 Å². The Bertz CT molecular complexity index is 549. The number of fused-ring (bicyclic) bond motifs is 1. The van der Waals surface area contributed by atoms with E-state index < -0.39 is 11.5 Å². The van der Waals surface area contributed by atoms with Gasteiger partial charge >= 0.3 is 5.97 Å². The number of carboxylic acid groups (broad SMARTS) is 1. The van der Waals surface area contributed by atoms with E-state index in [1.807, 2.05) is 31.2 Å². The number of carbonyl (C=O) groups is 1. The number of thiazole rings is 1. The van der Waals surface area contributed by atoms with Gasteiger partial charge in [0.05, 0.1) is 10.2 Å². The molecule has 5 heteroatoms. The number of nitrogens with zero attached hydrogens (tertiary/aromatic N) is 1. The van der Waals surface area contributed by atoms with Gasteiger partial charge in [0.2, 0.25) is 0 Å². The van der Waals surface area contributed by atoms with Gasteiger partial charge < -0.3 is 5.11 Å². The van der Waals surface area contributed by atoms with E-state index in [1.165, 1.54) is 0 Å². The van der Waals surface area contributed by atoms with Crippen LogP contribution in [0.5, 0.6) is 0 Å². The van der Waals surface area contributed by atoms with Gasteiger partial charge in [0.1, 0.15) is 10.5 Å². The zero-order valence-electron chi connectivity index (χ0n) is 11.1. The van der Waals surface area contributed by atoms with Crippen LogP contribution in [0.15, 0.2) is 24.3 Å². The van der Waals surface area contributed by atoms with Gasteiger partial charge in [-0.3, -0.25) is 10.1 Å². The van der Waals surface area contributed by atoms with Crippen LogP contribution in [0.2, 0.25) is 0 Å². The van der Waals surface area contributed by atoms with E-state index >= 15 is 0 Å². The fraction of sp³-hybridized carbons (Fsp3) is 0.429. The fourth-order valence-corrected chi connectivity index (χ4v) is 2.94. The van der Waals surface area contributed by atoms with Crippen LogP contribution in [0.4, 0.5) is 0 Å². The van der Waals surface area contributed by atoms with E-state index in [0.717, 1.165) is 21.6 Å². The van der Waals surface area contributed by atoms with Crippen molar-refractivity contribution in [2.75, 3.05) is 0 Å². The van der Waals surface area contributed by atoms with E-state index in [9.17, 15) is 9.90 Å². The maximum absolute atomic E-state index is 11.3. The summed E-state index contributed by atoms with van der Waals surface area (Å²) in [6.45, 7) is 4.20. The highest BCUT2D eigenvalue weighted by Crippen LogP contribution is 2.22. The first-order valence-corrected chi connectivity index (χ1v) is 7.19. The Morgan fingerprint density at radius 1 is 1.47 bits per heavy atom. The van der Waals surface area contributed by atoms with Crippen LogP contribution in [0.25, 0.3) is 10.2 Å². The van der Waals surface area contributed by atoms with Crippen molar-refractivity contribution >= 4 is 27.5 Å². The van der Waals surface area contributed by atoms with E-state index in [4.69, 9.17) is 0 Å². The zero-order valence-corrected chi connectivity index (χ0v) is 12.0. The Morgan fingerprint density at radius 3 is 2.84 bits per heavy atom.